The standard InChI is InChI=1S/C15H22N4O3/c1-10-16-14(22-18-10)13-8-12(21-2)9-19(13)15(20)17-11-6-4-3-5-7-11/h4,6,11-13H,3,5,7-9H2,1-2H3,(H,17,20)/t11-,12+,13-/m1/s1. The minimum Gasteiger partial charge on any atom is -0.380 e. The minimum absolute atomic E-state index is 0.00939. The first-order valence-corrected chi connectivity index (χ1v) is 7.74. The van der Waals surface area contributed by atoms with Crippen LogP contribution >= 0.6 is 0 Å². The van der Waals surface area contributed by atoms with Crippen LogP contribution in [-0.4, -0.2) is 46.9 Å². The Labute approximate surface area is 129 Å². The Hall–Kier alpha value is -1.89. The van der Waals surface area contributed by atoms with Crippen LogP contribution in [0.5, 0.6) is 0 Å². The molecule has 2 aliphatic rings. The molecule has 1 aromatic rings. The van der Waals surface area contributed by atoms with Gasteiger partial charge in [0.15, 0.2) is 5.82 Å². The van der Waals surface area contributed by atoms with Gasteiger partial charge in [-0.25, -0.2) is 4.79 Å². The number of methoxy groups -OCH3 is 1. The number of likely N-dealkylation sites (tertiary alicyclic amines) is 1. The van der Waals surface area contributed by atoms with E-state index in [4.69, 9.17) is 9.26 Å². The first-order chi connectivity index (χ1) is 10.7. The smallest absolute Gasteiger partial charge is 0.318 e. The van der Waals surface area contributed by atoms with Gasteiger partial charge in [0.1, 0.15) is 6.04 Å². The van der Waals surface area contributed by atoms with E-state index in [1.807, 2.05) is 0 Å². The van der Waals surface area contributed by atoms with Crippen LogP contribution in [0.1, 0.15) is 43.4 Å². The number of aryl methyl sites for hydroxylation is 1. The van der Waals surface area contributed by atoms with E-state index in [1.54, 1.807) is 18.9 Å². The molecule has 1 aliphatic carbocycles. The van der Waals surface area contributed by atoms with Gasteiger partial charge in [-0.2, -0.15) is 4.98 Å². The van der Waals surface area contributed by atoms with Crippen LogP contribution in [0.4, 0.5) is 4.79 Å². The van der Waals surface area contributed by atoms with Crippen LogP contribution in [0.2, 0.25) is 0 Å². The fraction of sp³-hybridized carbons (Fsp3) is 0.667. The molecule has 1 aliphatic heterocycles. The van der Waals surface area contributed by atoms with Gasteiger partial charge in [-0.1, -0.05) is 17.3 Å². The Kier molecular flexibility index (Phi) is 4.42. The summed E-state index contributed by atoms with van der Waals surface area (Å²) in [5.74, 6) is 1.05. The average Bonchev–Trinajstić information content (AvgIpc) is 3.14. The van der Waals surface area contributed by atoms with Crippen molar-refractivity contribution in [3.05, 3.63) is 23.9 Å². The topological polar surface area (TPSA) is 80.5 Å². The predicted molar refractivity (Wildman–Crippen MR) is 79.2 cm³/mol. The molecule has 3 rings (SSSR count). The minimum atomic E-state index is -0.223. The van der Waals surface area contributed by atoms with Gasteiger partial charge in [0.2, 0.25) is 5.89 Å². The molecule has 0 saturated carbocycles. The van der Waals surface area contributed by atoms with Crippen molar-refractivity contribution >= 4 is 6.03 Å². The van der Waals surface area contributed by atoms with Gasteiger partial charge in [0.05, 0.1) is 6.10 Å². The molecule has 2 heterocycles. The molecule has 1 aromatic heterocycles. The molecule has 0 radical (unpaired) electrons. The lowest BCUT2D eigenvalue weighted by Gasteiger charge is -2.26. The number of nitrogens with zero attached hydrogens (tertiary/aromatic N) is 3. The van der Waals surface area contributed by atoms with Gasteiger partial charge in [-0.15, -0.1) is 0 Å². The summed E-state index contributed by atoms with van der Waals surface area (Å²) in [5, 5.41) is 6.89. The third-order valence-electron chi connectivity index (χ3n) is 4.25. The number of ether oxygens (including phenoxy) is 1. The number of carbonyl (C=O) groups excluding carboxylic acids is 1. The summed E-state index contributed by atoms with van der Waals surface area (Å²) < 4.78 is 10.7. The first kappa shape index (κ1) is 15.0. The monoisotopic (exact) mass is 306 g/mol. The van der Waals surface area contributed by atoms with Crippen LogP contribution in [0, 0.1) is 6.92 Å². The number of amides is 2. The second-order valence-electron chi connectivity index (χ2n) is 5.86. The number of urea groups is 1. The number of allylic oxidation sites excluding steroid dienone is 1. The van der Waals surface area contributed by atoms with Crippen molar-refractivity contribution in [3.63, 3.8) is 0 Å². The SMILES string of the molecule is CO[C@H]1C[C@H](c2nc(C)no2)N(C(=O)N[C@@H]2C=CCCC2)C1. The van der Waals surface area contributed by atoms with Gasteiger partial charge in [0.25, 0.3) is 0 Å². The first-order valence-electron chi connectivity index (χ1n) is 7.74. The molecule has 2 amide bonds. The van der Waals surface area contributed by atoms with Crippen LogP contribution in [-0.2, 0) is 4.74 Å². The maximum absolute atomic E-state index is 12.6. The lowest BCUT2D eigenvalue weighted by atomic mass is 10.0. The molecule has 0 aromatic carbocycles. The summed E-state index contributed by atoms with van der Waals surface area (Å²) >= 11 is 0. The average molecular weight is 306 g/mol. The van der Waals surface area contributed by atoms with Crippen molar-refractivity contribution in [2.45, 2.75) is 50.8 Å². The zero-order valence-corrected chi connectivity index (χ0v) is 13.0. The number of hydrogen-bond acceptors (Lipinski definition) is 5. The van der Waals surface area contributed by atoms with Gasteiger partial charge >= 0.3 is 6.03 Å². The molecule has 120 valence electrons. The molecule has 0 unspecified atom stereocenters. The lowest BCUT2D eigenvalue weighted by Crippen LogP contribution is -2.44. The molecule has 1 fully saturated rings. The second kappa shape index (κ2) is 6.48. The maximum Gasteiger partial charge on any atom is 0.318 e. The van der Waals surface area contributed by atoms with Crippen molar-refractivity contribution < 1.29 is 14.1 Å². The molecule has 22 heavy (non-hydrogen) atoms. The van der Waals surface area contributed by atoms with E-state index in [9.17, 15) is 4.79 Å². The van der Waals surface area contributed by atoms with Crippen LogP contribution < -0.4 is 5.32 Å². The fourth-order valence-electron chi connectivity index (χ4n) is 3.05. The Morgan fingerprint density at radius 2 is 2.41 bits per heavy atom. The molecule has 0 spiro atoms. The zero-order chi connectivity index (χ0) is 15.5. The number of aromatic nitrogens is 2. The normalized spacial score (nSPS) is 28.1. The summed E-state index contributed by atoms with van der Waals surface area (Å²) in [5.41, 5.74) is 0. The Morgan fingerprint density at radius 3 is 3.05 bits per heavy atom. The number of nitrogens with one attached hydrogen (secondary N) is 1. The Bertz CT molecular complexity index is 557. The zero-order valence-electron chi connectivity index (χ0n) is 13.0. The highest BCUT2D eigenvalue weighted by molar-refractivity contribution is 5.75. The summed E-state index contributed by atoms with van der Waals surface area (Å²) in [6.45, 7) is 2.30. The van der Waals surface area contributed by atoms with Crippen molar-refractivity contribution in [2.24, 2.45) is 0 Å². The van der Waals surface area contributed by atoms with E-state index in [0.29, 0.717) is 24.7 Å². The molecule has 3 atom stereocenters. The summed E-state index contributed by atoms with van der Waals surface area (Å²) in [6, 6.07) is -0.219. The molecule has 1 saturated heterocycles. The van der Waals surface area contributed by atoms with E-state index >= 15 is 0 Å². The Morgan fingerprint density at radius 1 is 1.55 bits per heavy atom. The van der Waals surface area contributed by atoms with Crippen molar-refractivity contribution in [3.8, 4) is 0 Å². The van der Waals surface area contributed by atoms with Crippen molar-refractivity contribution in [2.75, 3.05) is 13.7 Å². The van der Waals surface area contributed by atoms with E-state index in [-0.39, 0.29) is 24.2 Å². The Balaban J connectivity index is 1.72. The van der Waals surface area contributed by atoms with Crippen LogP contribution in [0.25, 0.3) is 0 Å². The maximum atomic E-state index is 12.6. The predicted octanol–water partition coefficient (Wildman–Crippen LogP) is 1.96. The third kappa shape index (κ3) is 3.14. The molecule has 7 heteroatoms. The van der Waals surface area contributed by atoms with E-state index in [1.165, 1.54) is 0 Å². The van der Waals surface area contributed by atoms with Gasteiger partial charge in [0, 0.05) is 26.1 Å². The molecular formula is C15H22N4O3. The van der Waals surface area contributed by atoms with Crippen molar-refractivity contribution in [1.29, 1.82) is 0 Å². The third-order valence-corrected chi connectivity index (χ3v) is 4.25. The molecular weight excluding hydrogens is 284 g/mol. The van der Waals surface area contributed by atoms with E-state index in [2.05, 4.69) is 27.6 Å². The number of hydrogen-bond donors (Lipinski definition) is 1. The summed E-state index contributed by atoms with van der Waals surface area (Å²) in [4.78, 5) is 18.6. The fourth-order valence-corrected chi connectivity index (χ4v) is 3.05. The summed E-state index contributed by atoms with van der Waals surface area (Å²) in [7, 11) is 1.66. The quantitative estimate of drug-likeness (QED) is 0.863. The molecule has 7 nitrogen and oxygen atoms in total. The summed E-state index contributed by atoms with van der Waals surface area (Å²) in [6.07, 6.45) is 8.03. The highest BCUT2D eigenvalue weighted by atomic mass is 16.5. The molecule has 0 bridgehead atoms. The van der Waals surface area contributed by atoms with Gasteiger partial charge in [-0.05, 0) is 26.2 Å². The number of rotatable bonds is 3. The largest absolute Gasteiger partial charge is 0.380 e. The van der Waals surface area contributed by atoms with Gasteiger partial charge in [-0.3, -0.25) is 0 Å². The van der Waals surface area contributed by atoms with Crippen LogP contribution in [0.15, 0.2) is 16.7 Å². The highest BCUT2D eigenvalue weighted by Gasteiger charge is 2.40. The second-order valence-corrected chi connectivity index (χ2v) is 5.86. The lowest BCUT2D eigenvalue weighted by molar-refractivity contribution is 0.110. The van der Waals surface area contributed by atoms with E-state index < -0.39 is 0 Å². The highest BCUT2D eigenvalue weighted by Crippen LogP contribution is 2.32. The van der Waals surface area contributed by atoms with Gasteiger partial charge < -0.3 is 19.5 Å². The molecule has 1 N–H and O–H groups in total. The van der Waals surface area contributed by atoms with E-state index in [0.717, 1.165) is 19.3 Å². The number of carbonyl (C=O) groups is 1. The van der Waals surface area contributed by atoms with Crippen LogP contribution in [0.3, 0.4) is 0 Å². The van der Waals surface area contributed by atoms with Crippen molar-refractivity contribution in [1.82, 2.24) is 20.4 Å².